The summed E-state index contributed by atoms with van der Waals surface area (Å²) in [5.41, 5.74) is 1.03. The van der Waals surface area contributed by atoms with Crippen molar-refractivity contribution < 1.29 is 24.2 Å². The largest absolute Gasteiger partial charge is 0.490 e. The van der Waals surface area contributed by atoms with Crippen LogP contribution < -0.4 is 20.7 Å². The standard InChI is InChI=1S/C27H28ClN3O5/c28-23-3-1-2-4-24(23)31-27(35)30-14-13-29-25(32)20-6-5-19-16-22(12-9-18(19)15-20)36-21-10-7-17(8-11-21)26(33)34/h1-6,9,12,15-17,21H,7-8,10-11,13-14H2,(H,29,32)(H,33,34)(H2,30,31,35). The van der Waals surface area contributed by atoms with E-state index in [-0.39, 0.29) is 31.0 Å². The molecule has 0 spiro atoms. The van der Waals surface area contributed by atoms with Crippen molar-refractivity contribution in [2.24, 2.45) is 5.92 Å². The van der Waals surface area contributed by atoms with Crippen LogP contribution in [0.2, 0.25) is 5.02 Å². The van der Waals surface area contributed by atoms with Gasteiger partial charge in [0.15, 0.2) is 0 Å². The summed E-state index contributed by atoms with van der Waals surface area (Å²) in [6.45, 7) is 0.522. The second kappa shape index (κ2) is 11.8. The van der Waals surface area contributed by atoms with Crippen LogP contribution >= 0.6 is 11.6 Å². The summed E-state index contributed by atoms with van der Waals surface area (Å²) in [6.07, 6.45) is 2.74. The zero-order valence-corrected chi connectivity index (χ0v) is 20.4. The molecule has 0 aromatic heterocycles. The topological polar surface area (TPSA) is 117 Å². The smallest absolute Gasteiger partial charge is 0.319 e. The Morgan fingerprint density at radius 3 is 2.33 bits per heavy atom. The molecule has 4 rings (SSSR count). The number of amides is 3. The van der Waals surface area contributed by atoms with Gasteiger partial charge in [-0.1, -0.05) is 35.9 Å². The van der Waals surface area contributed by atoms with Crippen LogP contribution in [-0.4, -0.2) is 42.2 Å². The number of halogens is 1. The molecule has 0 unspecified atom stereocenters. The number of hydrogen-bond acceptors (Lipinski definition) is 4. The van der Waals surface area contributed by atoms with Crippen molar-refractivity contribution in [2.45, 2.75) is 31.8 Å². The van der Waals surface area contributed by atoms with E-state index >= 15 is 0 Å². The molecular formula is C27H28ClN3O5. The van der Waals surface area contributed by atoms with E-state index in [9.17, 15) is 14.4 Å². The molecule has 0 heterocycles. The van der Waals surface area contributed by atoms with Crippen LogP contribution in [-0.2, 0) is 4.79 Å². The fourth-order valence-corrected chi connectivity index (χ4v) is 4.42. The predicted molar refractivity (Wildman–Crippen MR) is 139 cm³/mol. The number of para-hydroxylation sites is 1. The van der Waals surface area contributed by atoms with Crippen LogP contribution in [0.1, 0.15) is 36.0 Å². The number of carboxylic acid groups (broad SMARTS) is 1. The first-order valence-corrected chi connectivity index (χ1v) is 12.3. The summed E-state index contributed by atoms with van der Waals surface area (Å²) in [7, 11) is 0. The van der Waals surface area contributed by atoms with Gasteiger partial charge in [0.25, 0.3) is 5.91 Å². The number of carbonyl (C=O) groups excluding carboxylic acids is 2. The molecule has 0 radical (unpaired) electrons. The molecule has 1 saturated carbocycles. The van der Waals surface area contributed by atoms with Crippen molar-refractivity contribution in [1.29, 1.82) is 0 Å². The fraction of sp³-hybridized carbons (Fsp3) is 0.296. The van der Waals surface area contributed by atoms with Crippen molar-refractivity contribution >= 4 is 46.0 Å². The minimum atomic E-state index is -0.728. The monoisotopic (exact) mass is 509 g/mol. The Kier molecular flexibility index (Phi) is 8.28. The van der Waals surface area contributed by atoms with E-state index in [2.05, 4.69) is 16.0 Å². The van der Waals surface area contributed by atoms with Gasteiger partial charge in [-0.2, -0.15) is 0 Å². The first kappa shape index (κ1) is 25.3. The van der Waals surface area contributed by atoms with Gasteiger partial charge in [0.2, 0.25) is 0 Å². The maximum absolute atomic E-state index is 12.5. The quantitative estimate of drug-likeness (QED) is 0.316. The normalized spacial score (nSPS) is 17.2. The molecule has 3 aromatic rings. The lowest BCUT2D eigenvalue weighted by Crippen LogP contribution is -2.36. The molecule has 3 aromatic carbocycles. The van der Waals surface area contributed by atoms with Gasteiger partial charge in [-0.05, 0) is 72.9 Å². The third kappa shape index (κ3) is 6.66. The number of aliphatic carboxylic acids is 1. The summed E-state index contributed by atoms with van der Waals surface area (Å²) in [5.74, 6) is -0.498. The van der Waals surface area contributed by atoms with E-state index in [1.165, 1.54) is 0 Å². The van der Waals surface area contributed by atoms with Gasteiger partial charge in [0.05, 0.1) is 22.7 Å². The minimum absolute atomic E-state index is 0.0171. The maximum Gasteiger partial charge on any atom is 0.319 e. The number of rotatable bonds is 8. The molecule has 188 valence electrons. The van der Waals surface area contributed by atoms with Gasteiger partial charge < -0.3 is 25.8 Å². The molecule has 3 amide bonds. The number of anilines is 1. The Balaban J connectivity index is 1.24. The number of urea groups is 1. The van der Waals surface area contributed by atoms with Crippen molar-refractivity contribution in [3.8, 4) is 5.75 Å². The average molecular weight is 510 g/mol. The van der Waals surface area contributed by atoms with Crippen LogP contribution in [0.5, 0.6) is 5.75 Å². The molecule has 1 aliphatic carbocycles. The summed E-state index contributed by atoms with van der Waals surface area (Å²) < 4.78 is 6.08. The number of hydrogen-bond donors (Lipinski definition) is 4. The Bertz CT molecular complexity index is 1260. The number of carboxylic acids is 1. The number of benzene rings is 3. The van der Waals surface area contributed by atoms with Gasteiger partial charge in [0, 0.05) is 18.7 Å². The Hall–Kier alpha value is -3.78. The number of nitrogens with one attached hydrogen (secondary N) is 3. The highest BCUT2D eigenvalue weighted by Crippen LogP contribution is 2.29. The molecule has 0 saturated heterocycles. The molecule has 1 aliphatic rings. The molecule has 0 atom stereocenters. The van der Waals surface area contributed by atoms with Gasteiger partial charge in [0.1, 0.15) is 5.75 Å². The van der Waals surface area contributed by atoms with E-state index in [1.54, 1.807) is 30.3 Å². The average Bonchev–Trinajstić information content (AvgIpc) is 2.88. The predicted octanol–water partition coefficient (Wildman–Crippen LogP) is 5.07. The van der Waals surface area contributed by atoms with Crippen molar-refractivity contribution in [2.75, 3.05) is 18.4 Å². The highest BCUT2D eigenvalue weighted by atomic mass is 35.5. The lowest BCUT2D eigenvalue weighted by molar-refractivity contribution is -0.143. The molecule has 1 fully saturated rings. The van der Waals surface area contributed by atoms with Crippen LogP contribution in [0.4, 0.5) is 10.5 Å². The summed E-state index contributed by atoms with van der Waals surface area (Å²) in [6, 6.07) is 17.7. The molecule has 4 N–H and O–H groups in total. The lowest BCUT2D eigenvalue weighted by atomic mass is 9.87. The zero-order valence-electron chi connectivity index (χ0n) is 19.6. The van der Waals surface area contributed by atoms with E-state index in [0.29, 0.717) is 29.1 Å². The first-order valence-electron chi connectivity index (χ1n) is 11.9. The molecule has 0 bridgehead atoms. The van der Waals surface area contributed by atoms with Gasteiger partial charge in [-0.15, -0.1) is 0 Å². The van der Waals surface area contributed by atoms with E-state index in [4.69, 9.17) is 21.4 Å². The number of ether oxygens (including phenoxy) is 1. The Morgan fingerprint density at radius 2 is 1.58 bits per heavy atom. The highest BCUT2D eigenvalue weighted by molar-refractivity contribution is 6.33. The second-order valence-corrected chi connectivity index (χ2v) is 9.18. The highest BCUT2D eigenvalue weighted by Gasteiger charge is 2.26. The SMILES string of the molecule is O=C(NCCNC(=O)c1ccc2cc(OC3CCC(C(=O)O)CC3)ccc2c1)Nc1ccccc1Cl. The molecule has 9 heteroatoms. The number of carbonyl (C=O) groups is 3. The van der Waals surface area contributed by atoms with E-state index < -0.39 is 12.0 Å². The van der Waals surface area contributed by atoms with Crippen LogP contribution in [0.15, 0.2) is 60.7 Å². The molecular weight excluding hydrogens is 482 g/mol. The second-order valence-electron chi connectivity index (χ2n) is 8.77. The lowest BCUT2D eigenvalue weighted by Gasteiger charge is -2.26. The molecule has 36 heavy (non-hydrogen) atoms. The summed E-state index contributed by atoms with van der Waals surface area (Å²) in [5, 5.41) is 19.6. The van der Waals surface area contributed by atoms with Crippen molar-refractivity contribution in [3.05, 3.63) is 71.2 Å². The summed E-state index contributed by atoms with van der Waals surface area (Å²) in [4.78, 5) is 35.7. The van der Waals surface area contributed by atoms with E-state index in [0.717, 1.165) is 29.4 Å². The maximum atomic E-state index is 12.5. The third-order valence-electron chi connectivity index (χ3n) is 6.22. The van der Waals surface area contributed by atoms with Gasteiger partial charge in [-0.3, -0.25) is 9.59 Å². The van der Waals surface area contributed by atoms with Gasteiger partial charge >= 0.3 is 12.0 Å². The van der Waals surface area contributed by atoms with Crippen LogP contribution in [0.25, 0.3) is 10.8 Å². The minimum Gasteiger partial charge on any atom is -0.490 e. The van der Waals surface area contributed by atoms with Crippen LogP contribution in [0, 0.1) is 5.92 Å². The Labute approximate surface area is 214 Å². The van der Waals surface area contributed by atoms with E-state index in [1.807, 2.05) is 30.3 Å². The summed E-state index contributed by atoms with van der Waals surface area (Å²) >= 11 is 6.02. The third-order valence-corrected chi connectivity index (χ3v) is 6.55. The van der Waals surface area contributed by atoms with Gasteiger partial charge in [-0.25, -0.2) is 4.79 Å². The van der Waals surface area contributed by atoms with Crippen molar-refractivity contribution in [3.63, 3.8) is 0 Å². The first-order chi connectivity index (χ1) is 17.4. The molecule has 8 nitrogen and oxygen atoms in total. The van der Waals surface area contributed by atoms with Crippen LogP contribution in [0.3, 0.4) is 0 Å². The zero-order chi connectivity index (χ0) is 25.5. The molecule has 0 aliphatic heterocycles. The van der Waals surface area contributed by atoms with Crippen molar-refractivity contribution in [1.82, 2.24) is 10.6 Å². The number of fused-ring (bicyclic) bond motifs is 1. The fourth-order valence-electron chi connectivity index (χ4n) is 4.24. The Morgan fingerprint density at radius 1 is 0.889 bits per heavy atom.